The van der Waals surface area contributed by atoms with E-state index in [4.69, 9.17) is 17.3 Å². The predicted molar refractivity (Wildman–Crippen MR) is 79.1 cm³/mol. The second-order valence-electron chi connectivity index (χ2n) is 4.57. The number of hydrogen-bond acceptors (Lipinski definition) is 3. The molecule has 0 spiro atoms. The molecule has 2 aromatic rings. The van der Waals surface area contributed by atoms with Crippen LogP contribution in [-0.4, -0.2) is 15.7 Å². The minimum atomic E-state index is -0.543. The molecule has 1 aromatic heterocycles. The highest BCUT2D eigenvalue weighted by Crippen LogP contribution is 2.19. The Morgan fingerprint density at radius 1 is 1.24 bits per heavy atom. The van der Waals surface area contributed by atoms with Crippen molar-refractivity contribution >= 4 is 11.6 Å². The molecule has 1 aromatic carbocycles. The number of benzene rings is 1. The molecule has 0 atom stereocenters. The van der Waals surface area contributed by atoms with E-state index < -0.39 is 11.5 Å². The van der Waals surface area contributed by atoms with Gasteiger partial charge in [0.05, 0.1) is 11.6 Å². The second-order valence-corrected chi connectivity index (χ2v) is 4.95. The maximum Gasteiger partial charge on any atom is 0.331 e. The number of halogens is 2. The van der Waals surface area contributed by atoms with Crippen molar-refractivity contribution in [2.45, 2.75) is 19.5 Å². The van der Waals surface area contributed by atoms with Gasteiger partial charge < -0.3 is 5.73 Å². The lowest BCUT2D eigenvalue weighted by Gasteiger charge is -2.10. The topological polar surface area (TPSA) is 70.0 Å². The van der Waals surface area contributed by atoms with Crippen molar-refractivity contribution < 1.29 is 4.39 Å². The normalized spacial score (nSPS) is 10.8. The fourth-order valence-corrected chi connectivity index (χ4v) is 2.17. The minimum absolute atomic E-state index is 0.0240. The summed E-state index contributed by atoms with van der Waals surface area (Å²) in [7, 11) is 0. The summed E-state index contributed by atoms with van der Waals surface area (Å²) in [5.74, 6) is -0.543. The largest absolute Gasteiger partial charge is 0.331 e. The Morgan fingerprint density at radius 2 is 2.00 bits per heavy atom. The van der Waals surface area contributed by atoms with E-state index >= 15 is 0 Å². The Balaban J connectivity index is 2.39. The molecule has 0 aliphatic rings. The highest BCUT2D eigenvalue weighted by atomic mass is 35.5. The van der Waals surface area contributed by atoms with Gasteiger partial charge in [-0.1, -0.05) is 23.7 Å². The van der Waals surface area contributed by atoms with Crippen molar-refractivity contribution in [3.8, 4) is 0 Å². The Bertz CT molecular complexity index is 755. The lowest BCUT2D eigenvalue weighted by molar-refractivity contribution is 0.553. The number of hydrogen-bond donors (Lipinski definition) is 1. The zero-order valence-corrected chi connectivity index (χ0v) is 12.0. The van der Waals surface area contributed by atoms with Crippen molar-refractivity contribution in [3.63, 3.8) is 0 Å². The van der Waals surface area contributed by atoms with Crippen LogP contribution in [0.25, 0.3) is 0 Å². The van der Waals surface area contributed by atoms with E-state index in [0.717, 1.165) is 4.57 Å². The molecule has 21 heavy (non-hydrogen) atoms. The maximum absolute atomic E-state index is 13.4. The van der Waals surface area contributed by atoms with Crippen LogP contribution in [0.4, 0.5) is 4.39 Å². The monoisotopic (exact) mass is 311 g/mol. The van der Waals surface area contributed by atoms with Gasteiger partial charge in [0.25, 0.3) is 5.56 Å². The van der Waals surface area contributed by atoms with Crippen molar-refractivity contribution in [2.24, 2.45) is 5.73 Å². The van der Waals surface area contributed by atoms with E-state index in [1.807, 2.05) is 0 Å². The van der Waals surface area contributed by atoms with Crippen LogP contribution in [-0.2, 0) is 13.1 Å². The average Bonchev–Trinajstić information content (AvgIpc) is 2.46. The molecule has 0 saturated carbocycles. The number of nitrogens with two attached hydrogens (primary N) is 1. The molecule has 0 aliphatic heterocycles. The summed E-state index contributed by atoms with van der Waals surface area (Å²) < 4.78 is 15.8. The van der Waals surface area contributed by atoms with Crippen molar-refractivity contribution in [1.29, 1.82) is 0 Å². The van der Waals surface area contributed by atoms with E-state index in [9.17, 15) is 14.0 Å². The molecule has 0 fully saturated rings. The first-order chi connectivity index (χ1) is 10.0. The number of rotatable bonds is 5. The Hall–Kier alpha value is -1.92. The molecular weight excluding hydrogens is 297 g/mol. The second kappa shape index (κ2) is 6.69. The van der Waals surface area contributed by atoms with Gasteiger partial charge in [-0.15, -0.1) is 0 Å². The van der Waals surface area contributed by atoms with E-state index in [1.165, 1.54) is 29.0 Å². The van der Waals surface area contributed by atoms with Gasteiger partial charge in [0.15, 0.2) is 0 Å². The van der Waals surface area contributed by atoms with Gasteiger partial charge in [0, 0.05) is 18.8 Å². The van der Waals surface area contributed by atoms with Gasteiger partial charge >= 0.3 is 5.69 Å². The minimum Gasteiger partial charge on any atom is -0.330 e. The molecule has 0 aliphatic carbocycles. The number of aromatic nitrogens is 2. The van der Waals surface area contributed by atoms with Crippen LogP contribution in [0, 0.1) is 5.82 Å². The van der Waals surface area contributed by atoms with Crippen LogP contribution in [0.3, 0.4) is 0 Å². The molecule has 112 valence electrons. The van der Waals surface area contributed by atoms with Gasteiger partial charge in [0.1, 0.15) is 5.82 Å². The summed E-state index contributed by atoms with van der Waals surface area (Å²) in [5.41, 5.74) is 5.02. The molecule has 2 rings (SSSR count). The van der Waals surface area contributed by atoms with Crippen LogP contribution < -0.4 is 17.0 Å². The van der Waals surface area contributed by atoms with Gasteiger partial charge in [-0.25, -0.2) is 9.18 Å². The summed E-state index contributed by atoms with van der Waals surface area (Å²) >= 11 is 5.87. The molecule has 0 bridgehead atoms. The van der Waals surface area contributed by atoms with Gasteiger partial charge in [-0.2, -0.15) is 0 Å². The SMILES string of the molecule is NCCCn1c(=O)ccn(Cc2cccc(F)c2Cl)c1=O. The summed E-state index contributed by atoms with van der Waals surface area (Å²) in [4.78, 5) is 23.9. The van der Waals surface area contributed by atoms with E-state index in [1.54, 1.807) is 6.07 Å². The quantitative estimate of drug-likeness (QED) is 0.902. The van der Waals surface area contributed by atoms with Crippen LogP contribution >= 0.6 is 11.6 Å². The van der Waals surface area contributed by atoms with Gasteiger partial charge in [0.2, 0.25) is 0 Å². The third kappa shape index (κ3) is 3.40. The third-order valence-corrected chi connectivity index (χ3v) is 3.52. The van der Waals surface area contributed by atoms with Crippen molar-refractivity contribution in [1.82, 2.24) is 9.13 Å². The molecule has 1 heterocycles. The molecule has 5 nitrogen and oxygen atoms in total. The first-order valence-corrected chi connectivity index (χ1v) is 6.85. The summed E-state index contributed by atoms with van der Waals surface area (Å²) in [5, 5.41) is -0.0240. The summed E-state index contributed by atoms with van der Waals surface area (Å²) in [6.07, 6.45) is 1.91. The Labute approximate surface area is 125 Å². The maximum atomic E-state index is 13.4. The fourth-order valence-electron chi connectivity index (χ4n) is 1.99. The third-order valence-electron chi connectivity index (χ3n) is 3.10. The van der Waals surface area contributed by atoms with E-state index in [2.05, 4.69) is 0 Å². The van der Waals surface area contributed by atoms with Crippen molar-refractivity contribution in [2.75, 3.05) is 6.54 Å². The lowest BCUT2D eigenvalue weighted by atomic mass is 10.2. The highest BCUT2D eigenvalue weighted by Gasteiger charge is 2.09. The van der Waals surface area contributed by atoms with E-state index in [-0.39, 0.29) is 23.7 Å². The molecule has 0 radical (unpaired) electrons. The standard InChI is InChI=1S/C14H15ClFN3O2/c15-13-10(3-1-4-11(13)16)9-18-8-5-12(20)19(14(18)21)7-2-6-17/h1,3-5,8H,2,6-7,9,17H2. The average molecular weight is 312 g/mol. The van der Waals surface area contributed by atoms with Crippen molar-refractivity contribution in [3.05, 3.63) is 67.7 Å². The first-order valence-electron chi connectivity index (χ1n) is 6.48. The van der Waals surface area contributed by atoms with Crippen LogP contribution in [0.15, 0.2) is 40.1 Å². The van der Waals surface area contributed by atoms with Gasteiger partial charge in [-0.3, -0.25) is 13.9 Å². The lowest BCUT2D eigenvalue weighted by Crippen LogP contribution is -2.39. The summed E-state index contributed by atoms with van der Waals surface area (Å²) in [6, 6.07) is 5.70. The fraction of sp³-hybridized carbons (Fsp3) is 0.286. The predicted octanol–water partition coefficient (Wildman–Crippen LogP) is 1.20. The smallest absolute Gasteiger partial charge is 0.330 e. The molecular formula is C14H15ClFN3O2. The van der Waals surface area contributed by atoms with E-state index in [0.29, 0.717) is 18.5 Å². The first kappa shape index (κ1) is 15.5. The molecule has 7 heteroatoms. The molecule has 0 unspecified atom stereocenters. The Kier molecular flexibility index (Phi) is 4.93. The van der Waals surface area contributed by atoms with Crippen LogP contribution in [0.5, 0.6) is 0 Å². The Morgan fingerprint density at radius 3 is 2.71 bits per heavy atom. The molecule has 0 amide bonds. The highest BCUT2D eigenvalue weighted by molar-refractivity contribution is 6.31. The molecule has 2 N–H and O–H groups in total. The molecule has 0 saturated heterocycles. The van der Waals surface area contributed by atoms with Crippen LogP contribution in [0.2, 0.25) is 5.02 Å². The number of nitrogens with zero attached hydrogens (tertiary/aromatic N) is 2. The summed E-state index contributed by atoms with van der Waals surface area (Å²) in [6.45, 7) is 0.737. The zero-order chi connectivity index (χ0) is 15.4. The van der Waals surface area contributed by atoms with Crippen LogP contribution in [0.1, 0.15) is 12.0 Å². The van der Waals surface area contributed by atoms with Gasteiger partial charge in [-0.05, 0) is 24.6 Å². The zero-order valence-electron chi connectivity index (χ0n) is 11.3.